The number of piperidine rings is 1. The van der Waals surface area contributed by atoms with Gasteiger partial charge in [-0.15, -0.1) is 0 Å². The maximum Gasteiger partial charge on any atom is 0.254 e. The molecule has 5 nitrogen and oxygen atoms in total. The van der Waals surface area contributed by atoms with Gasteiger partial charge in [-0.1, -0.05) is 30.3 Å². The number of hydrogen-bond donors (Lipinski definition) is 1. The van der Waals surface area contributed by atoms with Crippen molar-refractivity contribution < 1.29 is 13.6 Å². The van der Waals surface area contributed by atoms with Crippen LogP contribution in [0.15, 0.2) is 54.9 Å². The second kappa shape index (κ2) is 8.37. The molecule has 1 aliphatic rings. The molecule has 3 aromatic rings. The molecule has 1 saturated heterocycles. The third kappa shape index (κ3) is 4.42. The molecule has 0 atom stereocenters. The highest BCUT2D eigenvalue weighted by atomic mass is 19.1. The summed E-state index contributed by atoms with van der Waals surface area (Å²) in [6, 6.07) is 11.2. The number of carbonyl (C=O) groups excluding carboxylic acids is 1. The smallest absolute Gasteiger partial charge is 0.254 e. The van der Waals surface area contributed by atoms with Crippen LogP contribution >= 0.6 is 0 Å². The Morgan fingerprint density at radius 1 is 1.03 bits per heavy atom. The molecule has 2 aromatic carbocycles. The van der Waals surface area contributed by atoms with Gasteiger partial charge in [-0.25, -0.2) is 13.8 Å². The normalized spacial score (nSPS) is 18.3. The van der Waals surface area contributed by atoms with Crippen LogP contribution < -0.4 is 5.32 Å². The molecule has 7 heteroatoms. The molecule has 0 unspecified atom stereocenters. The lowest BCUT2D eigenvalue weighted by Crippen LogP contribution is -2.62. The third-order valence-corrected chi connectivity index (χ3v) is 6.86. The third-order valence-electron chi connectivity index (χ3n) is 6.86. The van der Waals surface area contributed by atoms with Crippen LogP contribution in [0.1, 0.15) is 50.9 Å². The lowest BCUT2D eigenvalue weighted by molar-refractivity contribution is -0.0169. The predicted octanol–water partition coefficient (Wildman–Crippen LogP) is 5.20. The zero-order chi connectivity index (χ0) is 24.0. The Bertz CT molecular complexity index is 1150. The van der Waals surface area contributed by atoms with Crippen LogP contribution in [0.25, 0.3) is 17.1 Å². The highest BCUT2D eigenvalue weighted by Crippen LogP contribution is 2.37. The molecule has 2 heterocycles. The van der Waals surface area contributed by atoms with Gasteiger partial charge in [0, 0.05) is 41.1 Å². The topological polar surface area (TPSA) is 50.2 Å². The number of imidazole rings is 1. The Kier molecular flexibility index (Phi) is 5.86. The van der Waals surface area contributed by atoms with Crippen molar-refractivity contribution in [2.24, 2.45) is 0 Å². The number of nitrogens with zero attached hydrogens (tertiary/aromatic N) is 3. The van der Waals surface area contributed by atoms with Crippen molar-refractivity contribution in [1.29, 1.82) is 0 Å². The summed E-state index contributed by atoms with van der Waals surface area (Å²) in [4.78, 5) is 19.5. The first-order chi connectivity index (χ1) is 15.5. The van der Waals surface area contributed by atoms with Crippen molar-refractivity contribution in [3.63, 3.8) is 0 Å². The predicted molar refractivity (Wildman–Crippen MR) is 125 cm³/mol. The summed E-state index contributed by atoms with van der Waals surface area (Å²) in [6.45, 7) is 8.49. The second-order valence-corrected chi connectivity index (χ2v) is 10.0. The number of rotatable bonds is 4. The van der Waals surface area contributed by atoms with Gasteiger partial charge < -0.3 is 5.32 Å². The number of hydrogen-bond acceptors (Lipinski definition) is 3. The van der Waals surface area contributed by atoms with E-state index in [-0.39, 0.29) is 28.4 Å². The lowest BCUT2D eigenvalue weighted by atomic mass is 9.77. The number of amides is 1. The van der Waals surface area contributed by atoms with Crippen LogP contribution in [-0.4, -0.2) is 44.5 Å². The van der Waals surface area contributed by atoms with Crippen molar-refractivity contribution in [1.82, 2.24) is 19.8 Å². The molecule has 0 radical (unpaired) electrons. The van der Waals surface area contributed by atoms with Gasteiger partial charge in [0.15, 0.2) is 0 Å². The van der Waals surface area contributed by atoms with Crippen LogP contribution in [0, 0.1) is 11.6 Å². The van der Waals surface area contributed by atoms with Gasteiger partial charge in [0.05, 0.1) is 11.3 Å². The molecular weight excluding hydrogens is 422 g/mol. The maximum absolute atomic E-state index is 15.1. The lowest BCUT2D eigenvalue weighted by Gasteiger charge is -2.53. The van der Waals surface area contributed by atoms with Crippen molar-refractivity contribution in [3.8, 4) is 17.1 Å². The Labute approximate surface area is 193 Å². The number of aromatic nitrogens is 2. The van der Waals surface area contributed by atoms with Gasteiger partial charge in [-0.3, -0.25) is 14.3 Å². The fourth-order valence-electron chi connectivity index (χ4n) is 4.93. The summed E-state index contributed by atoms with van der Waals surface area (Å²) < 4.78 is 31.7. The zero-order valence-electron chi connectivity index (χ0n) is 19.7. The number of carbonyl (C=O) groups is 1. The summed E-state index contributed by atoms with van der Waals surface area (Å²) in [5, 5.41) is 2.94. The largest absolute Gasteiger partial charge is 0.349 e. The van der Waals surface area contributed by atoms with Gasteiger partial charge >= 0.3 is 0 Å². The maximum atomic E-state index is 15.1. The highest BCUT2D eigenvalue weighted by Gasteiger charge is 2.43. The van der Waals surface area contributed by atoms with E-state index < -0.39 is 17.5 Å². The van der Waals surface area contributed by atoms with E-state index >= 15 is 8.78 Å². The summed E-state index contributed by atoms with van der Waals surface area (Å²) in [5.74, 6) is -1.58. The molecule has 1 aliphatic heterocycles. The van der Waals surface area contributed by atoms with E-state index in [1.807, 2.05) is 30.3 Å². The molecule has 4 rings (SSSR count). The average molecular weight is 453 g/mol. The minimum atomic E-state index is -0.775. The first-order valence-corrected chi connectivity index (χ1v) is 11.1. The van der Waals surface area contributed by atoms with Gasteiger partial charge in [0.1, 0.15) is 17.5 Å². The van der Waals surface area contributed by atoms with Crippen LogP contribution in [0.4, 0.5) is 8.78 Å². The van der Waals surface area contributed by atoms with E-state index in [4.69, 9.17) is 0 Å². The number of nitrogens with one attached hydrogen (secondary N) is 1. The monoisotopic (exact) mass is 452 g/mol. The van der Waals surface area contributed by atoms with E-state index in [0.29, 0.717) is 5.82 Å². The van der Waals surface area contributed by atoms with E-state index in [0.717, 1.165) is 30.5 Å². The van der Waals surface area contributed by atoms with Gasteiger partial charge in [0.2, 0.25) is 0 Å². The first-order valence-electron chi connectivity index (χ1n) is 11.1. The Morgan fingerprint density at radius 3 is 2.30 bits per heavy atom. The summed E-state index contributed by atoms with van der Waals surface area (Å²) >= 11 is 0. The standard InChI is InChI=1S/C26H30F2N4O/c1-25(2)15-18(16-26(3,4)31(25)5)30-24(33)19-13-21(28)22(14-20(19)27)32-12-11-29-23(32)17-9-7-6-8-10-17/h6-14,18H,15-16H2,1-5H3,(H,30,33). The zero-order valence-corrected chi connectivity index (χ0v) is 19.7. The molecule has 0 bridgehead atoms. The van der Waals surface area contributed by atoms with Crippen LogP contribution in [0.2, 0.25) is 0 Å². The summed E-state index contributed by atoms with van der Waals surface area (Å²) in [6.07, 6.45) is 4.54. The molecule has 0 saturated carbocycles. The van der Waals surface area contributed by atoms with E-state index in [1.54, 1.807) is 6.20 Å². The molecule has 1 fully saturated rings. The van der Waals surface area contributed by atoms with E-state index in [9.17, 15) is 4.79 Å². The van der Waals surface area contributed by atoms with Crippen LogP contribution in [-0.2, 0) is 0 Å². The highest BCUT2D eigenvalue weighted by molar-refractivity contribution is 5.95. The molecule has 33 heavy (non-hydrogen) atoms. The van der Waals surface area contributed by atoms with Crippen molar-refractivity contribution in [2.45, 2.75) is 57.7 Å². The van der Waals surface area contributed by atoms with E-state index in [1.165, 1.54) is 10.8 Å². The minimum Gasteiger partial charge on any atom is -0.349 e. The Morgan fingerprint density at radius 2 is 1.67 bits per heavy atom. The number of benzene rings is 2. The fourth-order valence-corrected chi connectivity index (χ4v) is 4.93. The van der Waals surface area contributed by atoms with E-state index in [2.05, 4.69) is 49.9 Å². The fraction of sp³-hybridized carbons (Fsp3) is 0.385. The van der Waals surface area contributed by atoms with Crippen molar-refractivity contribution >= 4 is 5.91 Å². The second-order valence-electron chi connectivity index (χ2n) is 10.0. The summed E-state index contributed by atoms with van der Waals surface area (Å²) in [5.41, 5.74) is 0.205. The van der Waals surface area contributed by atoms with Crippen LogP contribution in [0.3, 0.4) is 0 Å². The SMILES string of the molecule is CN1C(C)(C)CC(NC(=O)c2cc(F)c(-n3ccnc3-c3ccccc3)cc2F)CC1(C)C. The Balaban J connectivity index is 1.60. The van der Waals surface area contributed by atoms with Crippen molar-refractivity contribution in [2.75, 3.05) is 7.05 Å². The minimum absolute atomic E-state index is 0.00182. The molecule has 174 valence electrons. The first kappa shape index (κ1) is 23.1. The molecule has 1 N–H and O–H groups in total. The van der Waals surface area contributed by atoms with Gasteiger partial charge in [-0.2, -0.15) is 0 Å². The quantitative estimate of drug-likeness (QED) is 0.592. The van der Waals surface area contributed by atoms with Crippen LogP contribution in [0.5, 0.6) is 0 Å². The molecule has 1 amide bonds. The molecule has 0 spiro atoms. The summed E-state index contributed by atoms with van der Waals surface area (Å²) in [7, 11) is 2.08. The number of halogens is 2. The van der Waals surface area contributed by atoms with Crippen molar-refractivity contribution in [3.05, 3.63) is 72.1 Å². The molecule has 1 aromatic heterocycles. The number of likely N-dealkylation sites (tertiary alicyclic amines) is 1. The van der Waals surface area contributed by atoms with Gasteiger partial charge in [-0.05, 0) is 53.7 Å². The average Bonchev–Trinajstić information content (AvgIpc) is 3.23. The molecular formula is C26H30F2N4O. The van der Waals surface area contributed by atoms with Gasteiger partial charge in [0.25, 0.3) is 5.91 Å². The Hall–Kier alpha value is -3.06. The molecule has 0 aliphatic carbocycles.